The number of aromatic nitrogens is 3. The second-order valence-electron chi connectivity index (χ2n) is 7.51. The first-order valence-electron chi connectivity index (χ1n) is 10.3. The number of hydrogen-bond acceptors (Lipinski definition) is 4. The van der Waals surface area contributed by atoms with E-state index in [2.05, 4.69) is 55.5 Å². The first-order valence-corrected chi connectivity index (χ1v) is 10.3. The van der Waals surface area contributed by atoms with Gasteiger partial charge in [0.2, 0.25) is 0 Å². The highest BCUT2D eigenvalue weighted by Crippen LogP contribution is 2.32. The standard InChI is InChI=1S/C24H23N5O/c30-24(25-12-11-18-15-26-20-9-3-2-8-19(18)20)21-14-23(28-16-27-21)29-13-5-7-17-6-1-4-10-22(17)29/h1-4,6,8-10,14-16,26H,5,7,11-13H2,(H,25,30). The summed E-state index contributed by atoms with van der Waals surface area (Å²) >= 11 is 0. The molecule has 5 rings (SSSR count). The topological polar surface area (TPSA) is 73.9 Å². The van der Waals surface area contributed by atoms with Crippen LogP contribution in [0.5, 0.6) is 0 Å². The first-order chi connectivity index (χ1) is 14.8. The van der Waals surface area contributed by atoms with Gasteiger partial charge >= 0.3 is 0 Å². The smallest absolute Gasteiger partial charge is 0.270 e. The second kappa shape index (κ2) is 7.99. The van der Waals surface area contributed by atoms with Crippen molar-refractivity contribution < 1.29 is 4.79 Å². The number of carbonyl (C=O) groups is 1. The summed E-state index contributed by atoms with van der Waals surface area (Å²) in [7, 11) is 0. The summed E-state index contributed by atoms with van der Waals surface area (Å²) in [6, 6.07) is 18.3. The highest BCUT2D eigenvalue weighted by Gasteiger charge is 2.20. The molecule has 2 N–H and O–H groups in total. The van der Waals surface area contributed by atoms with E-state index in [1.807, 2.05) is 24.4 Å². The Morgan fingerprint density at radius 2 is 1.97 bits per heavy atom. The van der Waals surface area contributed by atoms with E-state index in [1.54, 1.807) is 6.07 Å². The van der Waals surface area contributed by atoms with Crippen LogP contribution in [-0.4, -0.2) is 33.9 Å². The maximum absolute atomic E-state index is 12.7. The van der Waals surface area contributed by atoms with Crippen LogP contribution in [0.3, 0.4) is 0 Å². The van der Waals surface area contributed by atoms with Gasteiger partial charge in [0, 0.05) is 41.9 Å². The third-order valence-corrected chi connectivity index (χ3v) is 5.63. The monoisotopic (exact) mass is 397 g/mol. The van der Waals surface area contributed by atoms with Crippen LogP contribution in [0.4, 0.5) is 11.5 Å². The van der Waals surface area contributed by atoms with Gasteiger partial charge in [-0.3, -0.25) is 4.79 Å². The van der Waals surface area contributed by atoms with E-state index in [1.165, 1.54) is 22.8 Å². The highest BCUT2D eigenvalue weighted by molar-refractivity contribution is 5.93. The van der Waals surface area contributed by atoms with E-state index < -0.39 is 0 Å². The molecule has 0 spiro atoms. The summed E-state index contributed by atoms with van der Waals surface area (Å²) in [5.74, 6) is 0.586. The predicted molar refractivity (Wildman–Crippen MR) is 118 cm³/mol. The molecular formula is C24H23N5O. The molecule has 0 bridgehead atoms. The lowest BCUT2D eigenvalue weighted by Gasteiger charge is -2.30. The van der Waals surface area contributed by atoms with Gasteiger partial charge in [-0.15, -0.1) is 0 Å². The van der Waals surface area contributed by atoms with Crippen LogP contribution >= 0.6 is 0 Å². The molecule has 0 saturated heterocycles. The lowest BCUT2D eigenvalue weighted by molar-refractivity contribution is 0.0949. The summed E-state index contributed by atoms with van der Waals surface area (Å²) in [5.41, 5.74) is 5.17. The van der Waals surface area contributed by atoms with Crippen molar-refractivity contribution in [2.45, 2.75) is 19.3 Å². The lowest BCUT2D eigenvalue weighted by atomic mass is 10.0. The molecule has 2 aromatic heterocycles. The summed E-state index contributed by atoms with van der Waals surface area (Å²) in [6.07, 6.45) is 6.37. The Bertz CT molecular complexity index is 1200. The molecule has 3 heterocycles. The number of aryl methyl sites for hydroxylation is 1. The van der Waals surface area contributed by atoms with Crippen molar-refractivity contribution in [1.29, 1.82) is 0 Å². The Hall–Kier alpha value is -3.67. The van der Waals surface area contributed by atoms with Gasteiger partial charge in [-0.25, -0.2) is 9.97 Å². The van der Waals surface area contributed by atoms with E-state index in [9.17, 15) is 4.79 Å². The number of fused-ring (bicyclic) bond motifs is 2. The zero-order valence-electron chi connectivity index (χ0n) is 16.6. The van der Waals surface area contributed by atoms with Gasteiger partial charge in [-0.1, -0.05) is 36.4 Å². The normalized spacial score (nSPS) is 13.3. The third kappa shape index (κ3) is 3.52. The molecule has 30 heavy (non-hydrogen) atoms. The van der Waals surface area contributed by atoms with Crippen LogP contribution in [0.2, 0.25) is 0 Å². The quantitative estimate of drug-likeness (QED) is 0.534. The average molecular weight is 397 g/mol. The van der Waals surface area contributed by atoms with Gasteiger partial charge in [0.25, 0.3) is 5.91 Å². The molecule has 4 aromatic rings. The van der Waals surface area contributed by atoms with Crippen LogP contribution in [0.25, 0.3) is 10.9 Å². The molecule has 1 aliphatic heterocycles. The van der Waals surface area contributed by atoms with Crippen molar-refractivity contribution in [3.05, 3.63) is 83.9 Å². The average Bonchev–Trinajstić information content (AvgIpc) is 3.22. The number of hydrogen-bond donors (Lipinski definition) is 2. The Morgan fingerprint density at radius 1 is 1.10 bits per heavy atom. The summed E-state index contributed by atoms with van der Waals surface area (Å²) < 4.78 is 0. The van der Waals surface area contributed by atoms with Crippen LogP contribution in [0.1, 0.15) is 28.0 Å². The van der Waals surface area contributed by atoms with Crippen molar-refractivity contribution in [2.75, 3.05) is 18.0 Å². The minimum Gasteiger partial charge on any atom is -0.361 e. The number of carbonyl (C=O) groups excluding carboxylic acids is 1. The molecular weight excluding hydrogens is 374 g/mol. The van der Waals surface area contributed by atoms with Gasteiger partial charge in [0.05, 0.1) is 0 Å². The van der Waals surface area contributed by atoms with Crippen molar-refractivity contribution in [1.82, 2.24) is 20.3 Å². The van der Waals surface area contributed by atoms with Crippen LogP contribution in [0, 0.1) is 0 Å². The maximum atomic E-state index is 12.7. The molecule has 1 aliphatic rings. The zero-order chi connectivity index (χ0) is 20.3. The zero-order valence-corrected chi connectivity index (χ0v) is 16.6. The van der Waals surface area contributed by atoms with Crippen LogP contribution < -0.4 is 10.2 Å². The van der Waals surface area contributed by atoms with Gasteiger partial charge in [-0.05, 0) is 42.5 Å². The summed E-state index contributed by atoms with van der Waals surface area (Å²) in [6.45, 7) is 1.43. The Morgan fingerprint density at radius 3 is 2.93 bits per heavy atom. The van der Waals surface area contributed by atoms with E-state index in [4.69, 9.17) is 0 Å². The SMILES string of the molecule is O=C(NCCc1c[nH]c2ccccc12)c1cc(N2CCCc3ccccc32)ncn1. The number of nitrogens with one attached hydrogen (secondary N) is 2. The first kappa shape index (κ1) is 18.4. The lowest BCUT2D eigenvalue weighted by Crippen LogP contribution is -2.28. The molecule has 0 unspecified atom stereocenters. The number of para-hydroxylation sites is 2. The van der Waals surface area contributed by atoms with Crippen LogP contribution in [0.15, 0.2) is 67.1 Å². The summed E-state index contributed by atoms with van der Waals surface area (Å²) in [4.78, 5) is 26.8. The van der Waals surface area contributed by atoms with Crippen molar-refractivity contribution in [2.24, 2.45) is 0 Å². The number of amides is 1. The molecule has 6 heteroatoms. The maximum Gasteiger partial charge on any atom is 0.270 e. The van der Waals surface area contributed by atoms with Gasteiger partial charge in [0.15, 0.2) is 0 Å². The van der Waals surface area contributed by atoms with Gasteiger partial charge in [-0.2, -0.15) is 0 Å². The number of rotatable bonds is 5. The van der Waals surface area contributed by atoms with E-state index in [0.717, 1.165) is 42.8 Å². The molecule has 2 aromatic carbocycles. The van der Waals surface area contributed by atoms with E-state index >= 15 is 0 Å². The molecule has 0 radical (unpaired) electrons. The molecule has 1 amide bonds. The molecule has 0 fully saturated rings. The number of anilines is 2. The van der Waals surface area contributed by atoms with Crippen molar-refractivity contribution >= 4 is 28.3 Å². The van der Waals surface area contributed by atoms with Crippen molar-refractivity contribution in [3.63, 3.8) is 0 Å². The highest BCUT2D eigenvalue weighted by atomic mass is 16.1. The largest absolute Gasteiger partial charge is 0.361 e. The van der Waals surface area contributed by atoms with E-state index in [0.29, 0.717) is 12.2 Å². The number of benzene rings is 2. The van der Waals surface area contributed by atoms with Gasteiger partial charge in [0.1, 0.15) is 17.8 Å². The molecule has 0 saturated carbocycles. The third-order valence-electron chi connectivity index (χ3n) is 5.63. The molecule has 0 aliphatic carbocycles. The second-order valence-corrected chi connectivity index (χ2v) is 7.51. The Kier molecular flexibility index (Phi) is 4.89. The molecule has 150 valence electrons. The fourth-order valence-electron chi connectivity index (χ4n) is 4.13. The minimum atomic E-state index is -0.177. The molecule has 0 atom stereocenters. The summed E-state index contributed by atoms with van der Waals surface area (Å²) in [5, 5.41) is 4.18. The Balaban J connectivity index is 1.28. The predicted octanol–water partition coefficient (Wildman–Crippen LogP) is 4.01. The van der Waals surface area contributed by atoms with Crippen molar-refractivity contribution in [3.8, 4) is 0 Å². The number of nitrogens with zero attached hydrogens (tertiary/aromatic N) is 3. The molecule has 6 nitrogen and oxygen atoms in total. The van der Waals surface area contributed by atoms with E-state index in [-0.39, 0.29) is 5.91 Å². The fraction of sp³-hybridized carbons (Fsp3) is 0.208. The number of aromatic amines is 1. The Labute approximate surface area is 175 Å². The minimum absolute atomic E-state index is 0.177. The fourth-order valence-corrected chi connectivity index (χ4v) is 4.13. The number of H-pyrrole nitrogens is 1. The van der Waals surface area contributed by atoms with Crippen LogP contribution in [-0.2, 0) is 12.8 Å². The van der Waals surface area contributed by atoms with Gasteiger partial charge < -0.3 is 15.2 Å².